The van der Waals surface area contributed by atoms with E-state index < -0.39 is 60.8 Å². The molecule has 38 heavy (non-hydrogen) atoms. The molecule has 0 bridgehead atoms. The van der Waals surface area contributed by atoms with Gasteiger partial charge in [-0.1, -0.05) is 26.2 Å². The van der Waals surface area contributed by atoms with E-state index in [-0.39, 0.29) is 29.9 Å². The van der Waals surface area contributed by atoms with Crippen LogP contribution in [0.2, 0.25) is 0 Å². The number of nitrogens with one attached hydrogen (secondary N) is 2. The molecule has 220 valence electrons. The van der Waals surface area contributed by atoms with Gasteiger partial charge in [-0.3, -0.25) is 19.2 Å². The van der Waals surface area contributed by atoms with E-state index >= 15 is 0 Å². The van der Waals surface area contributed by atoms with Gasteiger partial charge in [0.05, 0.1) is 6.10 Å². The number of halogens is 3. The van der Waals surface area contributed by atoms with E-state index in [1.807, 2.05) is 0 Å². The number of carboxylic acids is 3. The molecule has 0 spiro atoms. The van der Waals surface area contributed by atoms with Gasteiger partial charge < -0.3 is 41.5 Å². The first kappa shape index (κ1) is 35.4. The number of carboxylic acid groups (broad SMARTS) is 3. The lowest BCUT2D eigenvalue weighted by molar-refractivity contribution is -0.192. The molecule has 13 nitrogen and oxygen atoms in total. The van der Waals surface area contributed by atoms with E-state index in [1.54, 1.807) is 0 Å². The van der Waals surface area contributed by atoms with Crippen LogP contribution in [0.4, 0.5) is 13.2 Å². The molecule has 1 heterocycles. The molecule has 1 rings (SSSR count). The highest BCUT2D eigenvalue weighted by Crippen LogP contribution is 2.33. The number of aliphatic hydroxyl groups excluding tert-OH is 1. The molecule has 0 aromatic heterocycles. The number of aliphatic hydroxyl groups is 1. The number of thioether (sulfide) groups is 1. The van der Waals surface area contributed by atoms with Crippen LogP contribution in [0.1, 0.15) is 51.9 Å². The predicted molar refractivity (Wildman–Crippen MR) is 127 cm³/mol. The maximum Gasteiger partial charge on any atom is 0.490 e. The molecule has 8 N–H and O–H groups in total. The number of carbonyl (C=O) groups is 5. The number of hydrogen-bond donors (Lipinski definition) is 7. The number of carbonyl (C=O) groups excluding carboxylic acids is 2. The fraction of sp³-hybridized carbons (Fsp3) is 0.762. The molecule has 0 saturated carbocycles. The first-order valence-electron chi connectivity index (χ1n) is 11.6. The summed E-state index contributed by atoms with van der Waals surface area (Å²) in [5.74, 6) is -6.28. The smallest absolute Gasteiger partial charge is 0.480 e. The number of nitrogens with two attached hydrogens (primary N) is 1. The normalized spacial score (nSPS) is 20.4. The molecule has 1 fully saturated rings. The number of alkyl halides is 3. The van der Waals surface area contributed by atoms with Crippen molar-refractivity contribution >= 4 is 41.5 Å². The van der Waals surface area contributed by atoms with Crippen molar-refractivity contribution < 1.29 is 62.3 Å². The average molecular weight is 578 g/mol. The van der Waals surface area contributed by atoms with Crippen LogP contribution in [0.5, 0.6) is 0 Å². The van der Waals surface area contributed by atoms with E-state index in [0.717, 1.165) is 25.7 Å². The third kappa shape index (κ3) is 15.6. The van der Waals surface area contributed by atoms with E-state index in [0.29, 0.717) is 6.42 Å². The van der Waals surface area contributed by atoms with E-state index in [4.69, 9.17) is 30.6 Å². The monoisotopic (exact) mass is 577 g/mol. The third-order valence-electron chi connectivity index (χ3n) is 5.06. The number of rotatable bonds is 15. The maximum absolute atomic E-state index is 12.4. The maximum atomic E-state index is 12.4. The molecule has 17 heteroatoms. The summed E-state index contributed by atoms with van der Waals surface area (Å²) < 4.78 is 37.3. The van der Waals surface area contributed by atoms with Gasteiger partial charge in [0.1, 0.15) is 18.6 Å². The van der Waals surface area contributed by atoms with Crippen LogP contribution in [-0.2, 0) is 28.7 Å². The molecule has 1 aliphatic heterocycles. The quantitative estimate of drug-likeness (QED) is 0.130. The Morgan fingerprint density at radius 1 is 1.13 bits per heavy atom. The minimum Gasteiger partial charge on any atom is -0.480 e. The van der Waals surface area contributed by atoms with Gasteiger partial charge in [0.15, 0.2) is 6.29 Å². The second-order valence-electron chi connectivity index (χ2n) is 8.25. The summed E-state index contributed by atoms with van der Waals surface area (Å²) in [5.41, 5.74) is 5.39. The van der Waals surface area contributed by atoms with Crippen molar-refractivity contribution in [1.82, 2.24) is 10.6 Å². The number of hydrogen-bond acceptors (Lipinski definition) is 9. The lowest BCUT2D eigenvalue weighted by Crippen LogP contribution is -2.50. The Labute approximate surface area is 220 Å². The van der Waals surface area contributed by atoms with Gasteiger partial charge in [0, 0.05) is 23.8 Å². The zero-order chi connectivity index (χ0) is 29.5. The Hall–Kier alpha value is -2.63. The van der Waals surface area contributed by atoms with Gasteiger partial charge in [0.25, 0.3) is 0 Å². The fourth-order valence-corrected chi connectivity index (χ4v) is 4.48. The lowest BCUT2D eigenvalue weighted by atomic mass is 10.1. The van der Waals surface area contributed by atoms with Gasteiger partial charge >= 0.3 is 24.1 Å². The highest BCUT2D eigenvalue weighted by Gasteiger charge is 2.38. The third-order valence-corrected chi connectivity index (χ3v) is 6.51. The molecule has 1 aliphatic rings. The Bertz CT molecular complexity index is 803. The van der Waals surface area contributed by atoms with Crippen molar-refractivity contribution in [2.75, 3.05) is 12.3 Å². The van der Waals surface area contributed by atoms with Crippen LogP contribution in [0.25, 0.3) is 0 Å². The number of aliphatic carboxylic acids is 3. The van der Waals surface area contributed by atoms with Crippen LogP contribution >= 0.6 is 11.8 Å². The summed E-state index contributed by atoms with van der Waals surface area (Å²) in [4.78, 5) is 55.0. The Kier molecular flexibility index (Phi) is 16.6. The Balaban J connectivity index is 0.00000171. The average Bonchev–Trinajstić information content (AvgIpc) is 3.17. The summed E-state index contributed by atoms with van der Waals surface area (Å²) in [6.45, 7) is 1.49. The minimum absolute atomic E-state index is 0.0704. The van der Waals surface area contributed by atoms with Crippen molar-refractivity contribution in [3.63, 3.8) is 0 Å². The van der Waals surface area contributed by atoms with E-state index in [2.05, 4.69) is 17.6 Å². The van der Waals surface area contributed by atoms with Gasteiger partial charge in [-0.25, -0.2) is 4.79 Å². The standard InChI is InChI=1S/C19H33N3O8S.C2HF3O2/c1-2-3-4-5-13-14(8-17(26)30-13)31-10-12(18(27)21-9-16(24)25)22-15(23)7-6-11(20)19(28)29;3-2(4,5)1(6)7/h11-14,17,26H,2-10,20H2,1H3,(H,21,27)(H,22,23)(H,24,25)(H,28,29);(H,6,7)/t11-,12+,13?,14?,17?;/m0./s1. The second kappa shape index (κ2) is 17.8. The van der Waals surface area contributed by atoms with Gasteiger partial charge in [-0.2, -0.15) is 24.9 Å². The molecule has 0 radical (unpaired) electrons. The van der Waals surface area contributed by atoms with Crippen LogP contribution in [0.3, 0.4) is 0 Å². The highest BCUT2D eigenvalue weighted by atomic mass is 32.2. The summed E-state index contributed by atoms with van der Waals surface area (Å²) in [6.07, 6.45) is -2.20. The number of amides is 2. The molecule has 2 amide bonds. The van der Waals surface area contributed by atoms with Crippen LogP contribution in [0.15, 0.2) is 0 Å². The van der Waals surface area contributed by atoms with Crippen molar-refractivity contribution in [3.05, 3.63) is 0 Å². The molecule has 1 saturated heterocycles. The summed E-state index contributed by atoms with van der Waals surface area (Å²) in [5, 5.41) is 39.2. The summed E-state index contributed by atoms with van der Waals surface area (Å²) >= 11 is 1.37. The zero-order valence-electron chi connectivity index (χ0n) is 20.6. The Morgan fingerprint density at radius 2 is 1.74 bits per heavy atom. The topological polar surface area (TPSA) is 226 Å². The summed E-state index contributed by atoms with van der Waals surface area (Å²) in [7, 11) is 0. The van der Waals surface area contributed by atoms with Crippen LogP contribution < -0.4 is 16.4 Å². The Morgan fingerprint density at radius 3 is 2.24 bits per heavy atom. The van der Waals surface area contributed by atoms with E-state index in [9.17, 15) is 37.5 Å². The molecule has 0 aromatic rings. The number of ether oxygens (including phenoxy) is 1. The largest absolute Gasteiger partial charge is 0.490 e. The predicted octanol–water partition coefficient (Wildman–Crippen LogP) is 0.287. The zero-order valence-corrected chi connectivity index (χ0v) is 21.4. The summed E-state index contributed by atoms with van der Waals surface area (Å²) in [6, 6.07) is -2.22. The SMILES string of the molecule is CCCCCC1OC(O)CC1SC[C@@H](NC(=O)CC[C@H](N)C(=O)O)C(=O)NCC(=O)O.O=C(O)C(F)(F)F. The minimum atomic E-state index is -5.08. The van der Waals surface area contributed by atoms with Crippen molar-refractivity contribution in [2.45, 2.75) is 87.8 Å². The molecular weight excluding hydrogens is 543 g/mol. The lowest BCUT2D eigenvalue weighted by Gasteiger charge is -2.22. The highest BCUT2D eigenvalue weighted by molar-refractivity contribution is 8.00. The van der Waals surface area contributed by atoms with Crippen molar-refractivity contribution in [1.29, 1.82) is 0 Å². The first-order valence-corrected chi connectivity index (χ1v) is 12.7. The molecular formula is C21H34F3N3O10S. The van der Waals surface area contributed by atoms with Crippen LogP contribution in [-0.4, -0.2) is 98.3 Å². The van der Waals surface area contributed by atoms with Crippen molar-refractivity contribution in [2.24, 2.45) is 5.73 Å². The molecule has 0 aromatic carbocycles. The van der Waals surface area contributed by atoms with Crippen LogP contribution in [0, 0.1) is 0 Å². The fourth-order valence-electron chi connectivity index (χ4n) is 3.09. The van der Waals surface area contributed by atoms with E-state index in [1.165, 1.54) is 11.8 Å². The first-order chi connectivity index (χ1) is 17.6. The molecule has 5 atom stereocenters. The molecule has 3 unspecified atom stereocenters. The van der Waals surface area contributed by atoms with Gasteiger partial charge in [0.2, 0.25) is 11.8 Å². The van der Waals surface area contributed by atoms with Gasteiger partial charge in [-0.15, -0.1) is 0 Å². The van der Waals surface area contributed by atoms with Crippen molar-refractivity contribution in [3.8, 4) is 0 Å². The second-order valence-corrected chi connectivity index (χ2v) is 9.52. The van der Waals surface area contributed by atoms with Gasteiger partial charge in [-0.05, 0) is 12.8 Å². The molecule has 0 aliphatic carbocycles. The number of unbranched alkanes of at least 4 members (excludes halogenated alkanes) is 2.